The second-order valence-electron chi connectivity index (χ2n) is 20.7. The van der Waals surface area contributed by atoms with Crippen molar-refractivity contribution in [2.75, 3.05) is 19.8 Å². The minimum Gasteiger partial charge on any atom is -0.393 e. The highest BCUT2D eigenvalue weighted by atomic mass is 16.7. The molecule has 8 rings (SSSR count). The first kappa shape index (κ1) is 39.3. The van der Waals surface area contributed by atoms with E-state index in [1.807, 2.05) is 13.8 Å². The molecule has 8 fully saturated rings. The lowest BCUT2D eigenvalue weighted by Crippen LogP contribution is -2.64. The van der Waals surface area contributed by atoms with Gasteiger partial charge in [0.2, 0.25) is 0 Å². The summed E-state index contributed by atoms with van der Waals surface area (Å²) in [4.78, 5) is 0. The van der Waals surface area contributed by atoms with Gasteiger partial charge in [0.05, 0.1) is 49.3 Å². The summed E-state index contributed by atoms with van der Waals surface area (Å²) in [5.41, 5.74) is -2.76. The van der Waals surface area contributed by atoms with E-state index in [1.54, 1.807) is 0 Å². The monoisotopic (exact) mass is 754 g/mol. The summed E-state index contributed by atoms with van der Waals surface area (Å²) in [5, 5.41) is 86.5. The lowest BCUT2D eigenvalue weighted by molar-refractivity contribution is -0.326. The molecule has 13 nitrogen and oxygen atoms in total. The lowest BCUT2D eigenvalue weighted by atomic mass is 9.41. The standard InChI is InChI=1S/C40H66O13/c1-34(2)25(53-33-29(47)27(45)22(43)17-50-33)8-9-40-18-39(40)11-10-36(5)30(38(7)13-19(15-51-38)35(3,4)48)20(41)14-37(36,6)24(39)12-23(31(34)40)52-32-28(46)26(44)21(42)16-49-32/h19-33,41-48H,8-18H2,1-7H3/t19-,20+,21-,22-,23+,24+,25+,26+,27+,28-,29-,30+,31+,32+,33+,36-,37+,38-,39+,40-/m1/s1. The van der Waals surface area contributed by atoms with Crippen molar-refractivity contribution in [1.29, 1.82) is 0 Å². The maximum Gasteiger partial charge on any atom is 0.186 e. The van der Waals surface area contributed by atoms with Gasteiger partial charge in [0, 0.05) is 11.8 Å². The van der Waals surface area contributed by atoms with Crippen molar-refractivity contribution in [3.8, 4) is 0 Å². The Labute approximate surface area is 313 Å². The predicted octanol–water partition coefficient (Wildman–Crippen LogP) is 1.22. The third-order valence-corrected chi connectivity index (χ3v) is 17.4. The molecule has 3 saturated heterocycles. The minimum atomic E-state index is -1.45. The summed E-state index contributed by atoms with van der Waals surface area (Å²) in [6, 6.07) is 0. The third kappa shape index (κ3) is 5.42. The first-order chi connectivity index (χ1) is 24.6. The number of hydrogen-bond acceptors (Lipinski definition) is 13. The molecule has 53 heavy (non-hydrogen) atoms. The van der Waals surface area contributed by atoms with Crippen molar-refractivity contribution in [1.82, 2.24) is 0 Å². The Morgan fingerprint density at radius 2 is 1.25 bits per heavy atom. The fourth-order valence-corrected chi connectivity index (χ4v) is 14.6. The summed E-state index contributed by atoms with van der Waals surface area (Å²) in [7, 11) is 0. The number of fused-ring (bicyclic) bond motifs is 2. The van der Waals surface area contributed by atoms with Crippen molar-refractivity contribution < 1.29 is 64.5 Å². The van der Waals surface area contributed by atoms with E-state index < -0.39 is 84.1 Å². The van der Waals surface area contributed by atoms with Crippen molar-refractivity contribution in [2.45, 2.75) is 179 Å². The molecular weight excluding hydrogens is 688 g/mol. The van der Waals surface area contributed by atoms with Crippen LogP contribution in [0.1, 0.15) is 99.8 Å². The Morgan fingerprint density at radius 1 is 0.642 bits per heavy atom. The van der Waals surface area contributed by atoms with Gasteiger partial charge in [-0.25, -0.2) is 0 Å². The summed E-state index contributed by atoms with van der Waals surface area (Å²) < 4.78 is 31.6. The maximum atomic E-state index is 12.2. The van der Waals surface area contributed by atoms with E-state index in [4.69, 9.17) is 23.7 Å². The minimum absolute atomic E-state index is 0.0153. The predicted molar refractivity (Wildman–Crippen MR) is 188 cm³/mol. The number of aliphatic hydroxyl groups is 8. The Hall–Kier alpha value is -0.520. The van der Waals surface area contributed by atoms with Crippen LogP contribution in [0, 0.1) is 50.7 Å². The molecule has 2 spiro atoms. The van der Waals surface area contributed by atoms with Crippen molar-refractivity contribution in [2.24, 2.45) is 50.7 Å². The fourth-order valence-electron chi connectivity index (χ4n) is 14.6. The van der Waals surface area contributed by atoms with E-state index >= 15 is 0 Å². The highest BCUT2D eigenvalue weighted by Crippen LogP contribution is 2.89. The van der Waals surface area contributed by atoms with Gasteiger partial charge in [0.1, 0.15) is 36.6 Å². The first-order valence-corrected chi connectivity index (χ1v) is 20.2. The SMILES string of the molecule is CC(C)(O)[C@H]1CO[C@@](C)([C@H]2[C@@H](O)C[C@@]3(C)[C@@H]4C[C@H](O[C@@H]5OC[C@@H](O)[C@H](O)[C@H]5O)[C@H]5C(C)(C)[C@@H](O[C@@H]6OC[C@@H](O)[C@H](O)[C@H]6O)CC[C@@]56C[C@@]46CC[C@]23C)C1. The second kappa shape index (κ2) is 12.5. The molecule has 5 aliphatic carbocycles. The summed E-state index contributed by atoms with van der Waals surface area (Å²) in [6.45, 7) is 15.0. The van der Waals surface area contributed by atoms with Gasteiger partial charge >= 0.3 is 0 Å². The molecule has 0 unspecified atom stereocenters. The molecule has 3 aliphatic heterocycles. The molecular formula is C40H66O13. The molecule has 304 valence electrons. The average Bonchev–Trinajstić information content (AvgIpc) is 3.44. The highest BCUT2D eigenvalue weighted by Gasteiger charge is 2.85. The van der Waals surface area contributed by atoms with Crippen LogP contribution in [0.2, 0.25) is 0 Å². The molecule has 0 bridgehead atoms. The molecule has 0 aromatic heterocycles. The molecule has 3 heterocycles. The average molecular weight is 755 g/mol. The van der Waals surface area contributed by atoms with Gasteiger partial charge in [-0.15, -0.1) is 0 Å². The molecule has 8 N–H and O–H groups in total. The van der Waals surface area contributed by atoms with Crippen molar-refractivity contribution in [3.05, 3.63) is 0 Å². The maximum absolute atomic E-state index is 12.2. The third-order valence-electron chi connectivity index (χ3n) is 17.4. The van der Waals surface area contributed by atoms with Gasteiger partial charge in [-0.2, -0.15) is 0 Å². The molecule has 0 radical (unpaired) electrons. The largest absolute Gasteiger partial charge is 0.393 e. The molecule has 0 aromatic rings. The number of ether oxygens (including phenoxy) is 5. The zero-order valence-electron chi connectivity index (χ0n) is 32.6. The van der Waals surface area contributed by atoms with E-state index in [-0.39, 0.29) is 58.5 Å². The number of aliphatic hydroxyl groups excluding tert-OH is 7. The fraction of sp³-hybridized carbons (Fsp3) is 1.00. The Morgan fingerprint density at radius 3 is 1.83 bits per heavy atom. The second-order valence-corrected chi connectivity index (χ2v) is 20.7. The molecule has 8 aliphatic rings. The van der Waals surface area contributed by atoms with Crippen LogP contribution in [0.4, 0.5) is 0 Å². The normalized spacial score (nSPS) is 59.0. The Bertz CT molecular complexity index is 1410. The first-order valence-electron chi connectivity index (χ1n) is 20.2. The molecule has 5 saturated carbocycles. The van der Waals surface area contributed by atoms with E-state index in [1.165, 1.54) is 0 Å². The van der Waals surface area contributed by atoms with Crippen LogP contribution in [-0.2, 0) is 23.7 Å². The summed E-state index contributed by atoms with van der Waals surface area (Å²) in [6.07, 6.45) is -5.45. The van der Waals surface area contributed by atoms with Gasteiger partial charge in [-0.05, 0) is 111 Å². The Kier molecular flexibility index (Phi) is 9.27. The molecule has 0 aromatic carbocycles. The van der Waals surface area contributed by atoms with Crippen molar-refractivity contribution in [3.63, 3.8) is 0 Å². The van der Waals surface area contributed by atoms with E-state index in [2.05, 4.69) is 34.6 Å². The van der Waals surface area contributed by atoms with E-state index in [9.17, 15) is 40.9 Å². The molecule has 0 amide bonds. The van der Waals surface area contributed by atoms with E-state index in [0.29, 0.717) is 32.3 Å². The summed E-state index contributed by atoms with van der Waals surface area (Å²) in [5.74, 6) is -0.0874. The quantitative estimate of drug-likeness (QED) is 0.180. The number of rotatable bonds is 6. The topological polar surface area (TPSA) is 208 Å². The van der Waals surface area contributed by atoms with Crippen LogP contribution in [0.5, 0.6) is 0 Å². The van der Waals surface area contributed by atoms with Crippen LogP contribution in [0.25, 0.3) is 0 Å². The van der Waals surface area contributed by atoms with Gasteiger partial charge in [-0.3, -0.25) is 0 Å². The molecule has 20 atom stereocenters. The molecule has 13 heteroatoms. The van der Waals surface area contributed by atoms with Gasteiger partial charge < -0.3 is 64.5 Å². The van der Waals surface area contributed by atoms with Crippen LogP contribution in [-0.4, -0.2) is 139 Å². The number of hydrogen-bond donors (Lipinski definition) is 8. The van der Waals surface area contributed by atoms with Crippen LogP contribution >= 0.6 is 0 Å². The van der Waals surface area contributed by atoms with Gasteiger partial charge in [-0.1, -0.05) is 27.7 Å². The van der Waals surface area contributed by atoms with Gasteiger partial charge in [0.15, 0.2) is 12.6 Å². The summed E-state index contributed by atoms with van der Waals surface area (Å²) >= 11 is 0. The smallest absolute Gasteiger partial charge is 0.186 e. The Balaban J connectivity index is 1.14. The van der Waals surface area contributed by atoms with Crippen LogP contribution in [0.15, 0.2) is 0 Å². The lowest BCUT2D eigenvalue weighted by Gasteiger charge is -2.65. The van der Waals surface area contributed by atoms with Crippen molar-refractivity contribution >= 4 is 0 Å². The highest BCUT2D eigenvalue weighted by molar-refractivity contribution is 5.33. The van der Waals surface area contributed by atoms with E-state index in [0.717, 1.165) is 25.7 Å². The van der Waals surface area contributed by atoms with Crippen LogP contribution in [0.3, 0.4) is 0 Å². The zero-order chi connectivity index (χ0) is 38.5. The zero-order valence-corrected chi connectivity index (χ0v) is 32.6. The van der Waals surface area contributed by atoms with Gasteiger partial charge in [0.25, 0.3) is 0 Å². The van der Waals surface area contributed by atoms with Crippen LogP contribution < -0.4 is 0 Å².